The van der Waals surface area contributed by atoms with Crippen molar-refractivity contribution in [3.8, 4) is 11.4 Å². The third-order valence-electron chi connectivity index (χ3n) is 8.70. The van der Waals surface area contributed by atoms with Gasteiger partial charge >= 0.3 is 0 Å². The normalized spacial score (nSPS) is 12.3. The van der Waals surface area contributed by atoms with Crippen molar-refractivity contribution in [1.82, 2.24) is 9.13 Å². The predicted octanol–water partition coefficient (Wildman–Crippen LogP) is 10.5. The van der Waals surface area contributed by atoms with Gasteiger partial charge in [-0.3, -0.25) is 0 Å². The first kappa shape index (κ1) is 22.0. The van der Waals surface area contributed by atoms with Crippen molar-refractivity contribution in [1.29, 1.82) is 0 Å². The second-order valence-corrected chi connectivity index (χ2v) is 10.9. The zero-order valence-electron chi connectivity index (χ0n) is 22.4. The summed E-state index contributed by atoms with van der Waals surface area (Å²) in [7, 11) is 0. The van der Waals surface area contributed by atoms with E-state index in [1.807, 2.05) is 12.1 Å². The zero-order chi connectivity index (χ0) is 27.4. The summed E-state index contributed by atoms with van der Waals surface area (Å²) in [6.45, 7) is 0. The van der Waals surface area contributed by atoms with E-state index in [0.717, 1.165) is 77.3 Å². The number of aromatic nitrogens is 2. The molecule has 0 aliphatic carbocycles. The lowest BCUT2D eigenvalue weighted by atomic mass is 10.1. The molecule has 0 bridgehead atoms. The topological polar surface area (TPSA) is 36.1 Å². The van der Waals surface area contributed by atoms with Gasteiger partial charge in [-0.2, -0.15) is 0 Å². The van der Waals surface area contributed by atoms with Crippen molar-refractivity contribution < 1.29 is 8.83 Å². The van der Waals surface area contributed by atoms with Crippen LogP contribution in [0.1, 0.15) is 0 Å². The Balaban J connectivity index is 1.59. The molecular weight excluding hydrogens is 516 g/mol. The predicted molar refractivity (Wildman–Crippen MR) is 172 cm³/mol. The van der Waals surface area contributed by atoms with Crippen LogP contribution < -0.4 is 0 Å². The average Bonchev–Trinajstić information content (AvgIpc) is 3.78. The maximum absolute atomic E-state index is 6.43. The van der Waals surface area contributed by atoms with Crippen LogP contribution in [0, 0.1) is 0 Å². The minimum absolute atomic E-state index is 0.889. The standard InChI is InChI=1S/C38H22N2O2/c1-3-11-23(12-4-1)39-27-19-21-31-33(25-15-7-9-17-29(25)41-31)35(27)38-37(39)36-28(40(38)24-13-5-2-6-14-24)20-22-32-34(36)26-16-8-10-18-30(26)42-32/h1-22H. The van der Waals surface area contributed by atoms with Crippen LogP contribution in [0.3, 0.4) is 0 Å². The largest absolute Gasteiger partial charge is 0.456 e. The second kappa shape index (κ2) is 7.93. The summed E-state index contributed by atoms with van der Waals surface area (Å²) in [5.41, 5.74) is 10.4. The van der Waals surface area contributed by atoms with E-state index in [1.165, 1.54) is 10.8 Å². The first-order chi connectivity index (χ1) is 20.9. The van der Waals surface area contributed by atoms with E-state index in [2.05, 4.69) is 130 Å². The van der Waals surface area contributed by atoms with Gasteiger partial charge in [0.25, 0.3) is 0 Å². The fourth-order valence-corrected chi connectivity index (χ4v) is 7.07. The van der Waals surface area contributed by atoms with Gasteiger partial charge in [0.05, 0.1) is 22.1 Å². The Morgan fingerprint density at radius 2 is 0.738 bits per heavy atom. The molecule has 4 nitrogen and oxygen atoms in total. The van der Waals surface area contributed by atoms with E-state index < -0.39 is 0 Å². The van der Waals surface area contributed by atoms with Crippen LogP contribution in [-0.2, 0) is 0 Å². The highest BCUT2D eigenvalue weighted by atomic mass is 16.3. The molecule has 0 radical (unpaired) electrons. The first-order valence-corrected chi connectivity index (χ1v) is 14.2. The number of furan rings is 2. The van der Waals surface area contributed by atoms with Gasteiger partial charge in [-0.25, -0.2) is 0 Å². The second-order valence-electron chi connectivity index (χ2n) is 10.9. The van der Waals surface area contributed by atoms with E-state index in [-0.39, 0.29) is 0 Å². The molecule has 4 heterocycles. The van der Waals surface area contributed by atoms with Gasteiger partial charge in [0.1, 0.15) is 22.3 Å². The lowest BCUT2D eigenvalue weighted by Crippen LogP contribution is -1.94. The maximum atomic E-state index is 6.43. The third-order valence-corrected chi connectivity index (χ3v) is 8.70. The molecule has 0 aliphatic rings. The van der Waals surface area contributed by atoms with E-state index in [1.54, 1.807) is 0 Å². The molecule has 6 aromatic carbocycles. The van der Waals surface area contributed by atoms with E-state index in [9.17, 15) is 0 Å². The quantitative estimate of drug-likeness (QED) is 0.219. The number of benzene rings is 6. The molecule has 0 saturated heterocycles. The molecule has 196 valence electrons. The molecule has 0 amide bonds. The summed E-state index contributed by atoms with van der Waals surface area (Å²) < 4.78 is 17.7. The summed E-state index contributed by atoms with van der Waals surface area (Å²) in [5, 5.41) is 6.87. The van der Waals surface area contributed by atoms with Crippen molar-refractivity contribution >= 4 is 76.7 Å². The van der Waals surface area contributed by atoms with Crippen LogP contribution in [0.4, 0.5) is 0 Å². The Hall–Kier alpha value is -5.74. The van der Waals surface area contributed by atoms with E-state index in [4.69, 9.17) is 8.83 Å². The highest BCUT2D eigenvalue weighted by molar-refractivity contribution is 6.35. The minimum Gasteiger partial charge on any atom is -0.456 e. The molecule has 0 atom stereocenters. The SMILES string of the molecule is c1ccc(-n2c3ccc4oc5ccccc5c4c3c3c2c2c4c(ccc2n3-c2ccccc2)oc2ccccc24)cc1. The van der Waals surface area contributed by atoms with Crippen LogP contribution in [-0.4, -0.2) is 9.13 Å². The van der Waals surface area contributed by atoms with E-state index in [0.29, 0.717) is 0 Å². The molecule has 0 unspecified atom stereocenters. The lowest BCUT2D eigenvalue weighted by Gasteiger charge is -2.10. The first-order valence-electron chi connectivity index (χ1n) is 14.2. The molecule has 10 aromatic rings. The lowest BCUT2D eigenvalue weighted by molar-refractivity contribution is 0.669. The molecule has 4 aromatic heterocycles. The molecule has 0 N–H and O–H groups in total. The molecule has 0 aliphatic heterocycles. The van der Waals surface area contributed by atoms with Crippen molar-refractivity contribution in [2.24, 2.45) is 0 Å². The number of para-hydroxylation sites is 4. The highest BCUT2D eigenvalue weighted by Crippen LogP contribution is 2.48. The Kier molecular flexibility index (Phi) is 4.15. The van der Waals surface area contributed by atoms with Crippen LogP contribution >= 0.6 is 0 Å². The summed E-state index contributed by atoms with van der Waals surface area (Å²) in [6, 6.07) is 46.7. The zero-order valence-corrected chi connectivity index (χ0v) is 22.4. The van der Waals surface area contributed by atoms with Gasteiger partial charge in [-0.15, -0.1) is 0 Å². The van der Waals surface area contributed by atoms with Crippen LogP contribution in [0.25, 0.3) is 88.1 Å². The molecule has 10 rings (SSSR count). The number of nitrogens with zero attached hydrogens (tertiary/aromatic N) is 2. The Morgan fingerprint density at radius 3 is 1.19 bits per heavy atom. The monoisotopic (exact) mass is 538 g/mol. The van der Waals surface area contributed by atoms with Crippen molar-refractivity contribution in [2.75, 3.05) is 0 Å². The van der Waals surface area contributed by atoms with Crippen LogP contribution in [0.15, 0.2) is 142 Å². The summed E-state index contributed by atoms with van der Waals surface area (Å²) >= 11 is 0. The molecule has 0 fully saturated rings. The molecular formula is C38H22N2O2. The number of hydrogen-bond acceptors (Lipinski definition) is 2. The van der Waals surface area contributed by atoms with Crippen molar-refractivity contribution in [3.05, 3.63) is 133 Å². The number of rotatable bonds is 2. The Labute approximate surface area is 239 Å². The van der Waals surface area contributed by atoms with Gasteiger partial charge in [0.15, 0.2) is 0 Å². The van der Waals surface area contributed by atoms with Gasteiger partial charge in [0.2, 0.25) is 0 Å². The van der Waals surface area contributed by atoms with Gasteiger partial charge < -0.3 is 18.0 Å². The van der Waals surface area contributed by atoms with Crippen LogP contribution in [0.5, 0.6) is 0 Å². The minimum atomic E-state index is 0.889. The molecule has 4 heteroatoms. The van der Waals surface area contributed by atoms with Crippen molar-refractivity contribution in [3.63, 3.8) is 0 Å². The molecule has 0 saturated carbocycles. The Morgan fingerprint density at radius 1 is 0.333 bits per heavy atom. The van der Waals surface area contributed by atoms with Gasteiger partial charge in [0, 0.05) is 43.7 Å². The summed E-state index contributed by atoms with van der Waals surface area (Å²) in [5.74, 6) is 0. The molecule has 42 heavy (non-hydrogen) atoms. The average molecular weight is 539 g/mol. The number of hydrogen-bond donors (Lipinski definition) is 0. The Bertz CT molecular complexity index is 2480. The molecule has 0 spiro atoms. The smallest absolute Gasteiger partial charge is 0.136 e. The maximum Gasteiger partial charge on any atom is 0.136 e. The van der Waals surface area contributed by atoms with Gasteiger partial charge in [-0.05, 0) is 60.7 Å². The van der Waals surface area contributed by atoms with E-state index >= 15 is 0 Å². The van der Waals surface area contributed by atoms with Crippen molar-refractivity contribution in [2.45, 2.75) is 0 Å². The van der Waals surface area contributed by atoms with Gasteiger partial charge in [-0.1, -0.05) is 72.8 Å². The third kappa shape index (κ3) is 2.71. The number of fused-ring (bicyclic) bond motifs is 13. The highest BCUT2D eigenvalue weighted by Gasteiger charge is 2.27. The fourth-order valence-electron chi connectivity index (χ4n) is 7.07. The summed E-state index contributed by atoms with van der Waals surface area (Å²) in [4.78, 5) is 0. The fraction of sp³-hybridized carbons (Fsp3) is 0. The van der Waals surface area contributed by atoms with Crippen LogP contribution in [0.2, 0.25) is 0 Å². The summed E-state index contributed by atoms with van der Waals surface area (Å²) in [6.07, 6.45) is 0.